The summed E-state index contributed by atoms with van der Waals surface area (Å²) in [5.41, 5.74) is 19.8. The van der Waals surface area contributed by atoms with Crippen LogP contribution in [0.15, 0.2) is 109 Å². The van der Waals surface area contributed by atoms with E-state index in [0.29, 0.717) is 29.8 Å². The molecule has 6 aromatic rings. The molecule has 4 aliphatic carbocycles. The lowest BCUT2D eigenvalue weighted by atomic mass is 9.79. The van der Waals surface area contributed by atoms with Crippen LogP contribution in [0.3, 0.4) is 0 Å². The summed E-state index contributed by atoms with van der Waals surface area (Å²) in [5, 5.41) is 24.5. The molecule has 2 N–H and O–H groups in total. The van der Waals surface area contributed by atoms with E-state index in [-0.39, 0.29) is 0 Å². The fourth-order valence-corrected chi connectivity index (χ4v) is 10.5. The third-order valence-electron chi connectivity index (χ3n) is 13.2. The first kappa shape index (κ1) is 32.6. The van der Waals surface area contributed by atoms with Crippen molar-refractivity contribution >= 4 is 0 Å². The lowest BCUT2D eigenvalue weighted by Gasteiger charge is -2.26. The molecule has 4 aliphatic rings. The first-order valence-electron chi connectivity index (χ1n) is 20.2. The second-order valence-corrected chi connectivity index (χ2v) is 16.3. The van der Waals surface area contributed by atoms with Gasteiger partial charge in [-0.25, -0.2) is 0 Å². The fraction of sp³-hybridized carbons (Fsp3) is 0.294. The number of hydrogen-bond donors (Lipinski definition) is 2. The van der Waals surface area contributed by atoms with Crippen LogP contribution in [-0.4, -0.2) is 10.2 Å². The maximum atomic E-state index is 12.2. The van der Waals surface area contributed by atoms with Crippen molar-refractivity contribution in [2.45, 2.75) is 95.3 Å². The van der Waals surface area contributed by atoms with Gasteiger partial charge in [0.15, 0.2) is 0 Å². The van der Waals surface area contributed by atoms with Crippen LogP contribution in [0.4, 0.5) is 0 Å². The first-order chi connectivity index (χ1) is 26.1. The molecular weight excluding hydrogens is 645 g/mol. The van der Waals surface area contributed by atoms with Crippen LogP contribution >= 0.6 is 0 Å². The summed E-state index contributed by atoms with van der Waals surface area (Å²) in [7, 11) is 0. The molecule has 0 aliphatic heterocycles. The fourth-order valence-electron chi connectivity index (χ4n) is 10.5. The predicted octanol–water partition coefficient (Wildman–Crippen LogP) is 13.3. The van der Waals surface area contributed by atoms with Gasteiger partial charge in [0.25, 0.3) is 0 Å². The number of phenols is 2. The third kappa shape index (κ3) is 5.70. The molecule has 0 unspecified atom stereocenters. The Labute approximate surface area is 314 Å². The normalized spacial score (nSPS) is 16.6. The highest BCUT2D eigenvalue weighted by atomic mass is 16.3. The van der Waals surface area contributed by atoms with Crippen LogP contribution in [0.2, 0.25) is 0 Å². The zero-order valence-corrected chi connectivity index (χ0v) is 30.6. The maximum absolute atomic E-state index is 12.2. The second kappa shape index (κ2) is 13.4. The standard InChI is InChI=1S/C51H48O2/c52-50-38(25-36(30-46(50)32-13-3-1-4-14-32)42-21-11-23-44-40-19-9-7-17-34(40)28-48(42)44)27-39-26-37(31-47(51(39)53)33-15-5-2-6-16-33)43-22-12-24-45-41-20-10-8-18-35(41)29-49(43)45/h7-12,17-26,30-33,52-53H,1-6,13-16,27-29H2. The topological polar surface area (TPSA) is 40.5 Å². The van der Waals surface area contributed by atoms with E-state index in [1.54, 1.807) is 0 Å². The Balaban J connectivity index is 1.12. The monoisotopic (exact) mass is 692 g/mol. The summed E-state index contributed by atoms with van der Waals surface area (Å²) in [6.45, 7) is 0. The van der Waals surface area contributed by atoms with Gasteiger partial charge < -0.3 is 10.2 Å². The molecule has 2 heteroatoms. The summed E-state index contributed by atoms with van der Waals surface area (Å²) in [4.78, 5) is 0. The number of phenolic OH excluding ortho intramolecular Hbond substituents is 2. The highest BCUT2D eigenvalue weighted by Gasteiger charge is 2.28. The van der Waals surface area contributed by atoms with Crippen molar-refractivity contribution in [2.24, 2.45) is 0 Å². The Bertz CT molecular complexity index is 2200. The lowest BCUT2D eigenvalue weighted by Crippen LogP contribution is -2.08. The number of fused-ring (bicyclic) bond motifs is 6. The van der Waals surface area contributed by atoms with Gasteiger partial charge in [0.2, 0.25) is 0 Å². The molecular formula is C51H48O2. The Morgan fingerprint density at radius 2 is 0.811 bits per heavy atom. The molecule has 0 spiro atoms. The number of aromatic hydroxyl groups is 2. The van der Waals surface area contributed by atoms with E-state index in [0.717, 1.165) is 60.8 Å². The molecule has 0 radical (unpaired) electrons. The van der Waals surface area contributed by atoms with Gasteiger partial charge in [-0.2, -0.15) is 0 Å². The average molecular weight is 693 g/mol. The minimum Gasteiger partial charge on any atom is -0.507 e. The zero-order chi connectivity index (χ0) is 35.5. The van der Waals surface area contributed by atoms with Crippen molar-refractivity contribution in [1.82, 2.24) is 0 Å². The van der Waals surface area contributed by atoms with Crippen LogP contribution in [0.25, 0.3) is 44.5 Å². The molecule has 0 amide bonds. The molecule has 0 bridgehead atoms. The zero-order valence-electron chi connectivity index (χ0n) is 30.6. The summed E-state index contributed by atoms with van der Waals surface area (Å²) in [6.07, 6.45) is 14.2. The Morgan fingerprint density at radius 1 is 0.415 bits per heavy atom. The lowest BCUT2D eigenvalue weighted by molar-refractivity contribution is 0.409. The number of hydrogen-bond acceptors (Lipinski definition) is 2. The third-order valence-corrected chi connectivity index (χ3v) is 13.2. The van der Waals surface area contributed by atoms with Gasteiger partial charge in [-0.05, 0) is 164 Å². The molecule has 10 rings (SSSR count). The van der Waals surface area contributed by atoms with Gasteiger partial charge in [-0.1, -0.05) is 123 Å². The molecule has 2 fully saturated rings. The number of rotatable bonds is 6. The van der Waals surface area contributed by atoms with Crippen LogP contribution in [-0.2, 0) is 19.3 Å². The van der Waals surface area contributed by atoms with E-state index >= 15 is 0 Å². The SMILES string of the molecule is Oc1c(Cc2cc(-c3cccc4c3Cc3ccccc3-4)cc(C3CCCCC3)c2O)cc(-c2cccc3c2Cc2ccccc2-3)cc1C1CCCCC1. The van der Waals surface area contributed by atoms with Gasteiger partial charge in [0.05, 0.1) is 0 Å². The molecule has 0 atom stereocenters. The van der Waals surface area contributed by atoms with Crippen LogP contribution in [0.5, 0.6) is 11.5 Å². The van der Waals surface area contributed by atoms with Crippen molar-refractivity contribution < 1.29 is 10.2 Å². The quantitative estimate of drug-likeness (QED) is 0.182. The van der Waals surface area contributed by atoms with E-state index in [2.05, 4.69) is 109 Å². The Hall–Kier alpha value is -5.08. The first-order valence-corrected chi connectivity index (χ1v) is 20.2. The van der Waals surface area contributed by atoms with E-state index in [9.17, 15) is 10.2 Å². The van der Waals surface area contributed by atoms with Gasteiger partial charge in [-0.15, -0.1) is 0 Å². The molecule has 2 nitrogen and oxygen atoms in total. The second-order valence-electron chi connectivity index (χ2n) is 16.3. The van der Waals surface area contributed by atoms with Crippen LogP contribution < -0.4 is 0 Å². The van der Waals surface area contributed by atoms with Crippen molar-refractivity contribution in [3.05, 3.63) is 154 Å². The van der Waals surface area contributed by atoms with Gasteiger partial charge in [-0.3, -0.25) is 0 Å². The van der Waals surface area contributed by atoms with Crippen molar-refractivity contribution in [3.8, 4) is 56.0 Å². The summed E-state index contributed by atoms with van der Waals surface area (Å²) in [6, 6.07) is 40.2. The molecule has 0 aromatic heterocycles. The summed E-state index contributed by atoms with van der Waals surface area (Å²) in [5.74, 6) is 1.55. The van der Waals surface area contributed by atoms with Crippen molar-refractivity contribution in [3.63, 3.8) is 0 Å². The van der Waals surface area contributed by atoms with Crippen molar-refractivity contribution in [2.75, 3.05) is 0 Å². The largest absolute Gasteiger partial charge is 0.507 e. The van der Waals surface area contributed by atoms with E-state index in [4.69, 9.17) is 0 Å². The molecule has 0 heterocycles. The summed E-state index contributed by atoms with van der Waals surface area (Å²) < 4.78 is 0. The molecule has 264 valence electrons. The van der Waals surface area contributed by atoms with E-state index in [1.165, 1.54) is 105 Å². The van der Waals surface area contributed by atoms with E-state index in [1.807, 2.05) is 0 Å². The van der Waals surface area contributed by atoms with Gasteiger partial charge in [0.1, 0.15) is 11.5 Å². The highest BCUT2D eigenvalue weighted by molar-refractivity contribution is 5.87. The average Bonchev–Trinajstić information content (AvgIpc) is 3.79. The maximum Gasteiger partial charge on any atom is 0.122 e. The Kier molecular flexibility index (Phi) is 8.23. The van der Waals surface area contributed by atoms with Crippen LogP contribution in [0.1, 0.15) is 121 Å². The molecule has 2 saturated carbocycles. The summed E-state index contributed by atoms with van der Waals surface area (Å²) >= 11 is 0. The minimum absolute atomic E-state index is 0.350. The Morgan fingerprint density at radius 3 is 1.26 bits per heavy atom. The van der Waals surface area contributed by atoms with Gasteiger partial charge in [0, 0.05) is 6.42 Å². The van der Waals surface area contributed by atoms with E-state index < -0.39 is 0 Å². The van der Waals surface area contributed by atoms with Crippen molar-refractivity contribution in [1.29, 1.82) is 0 Å². The van der Waals surface area contributed by atoms with Crippen LogP contribution in [0, 0.1) is 0 Å². The number of benzene rings is 6. The molecule has 6 aromatic carbocycles. The van der Waals surface area contributed by atoms with Gasteiger partial charge >= 0.3 is 0 Å². The smallest absolute Gasteiger partial charge is 0.122 e. The molecule has 53 heavy (non-hydrogen) atoms. The predicted molar refractivity (Wildman–Crippen MR) is 218 cm³/mol. The minimum atomic E-state index is 0.350. The molecule has 0 saturated heterocycles. The highest BCUT2D eigenvalue weighted by Crippen LogP contribution is 2.49.